The van der Waals surface area contributed by atoms with Crippen molar-refractivity contribution in [3.05, 3.63) is 35.7 Å². The molecule has 0 fully saturated rings. The number of rotatable bonds is 4. The Bertz CT molecular complexity index is 709. The monoisotopic (exact) mass is 286 g/mol. The number of fused-ring (bicyclic) bond motifs is 1. The lowest BCUT2D eigenvalue weighted by Crippen LogP contribution is -1.95. The molecule has 0 radical (unpaired) electrons. The molecule has 0 saturated carbocycles. The van der Waals surface area contributed by atoms with Gasteiger partial charge in [0.2, 0.25) is 4.96 Å². The van der Waals surface area contributed by atoms with Gasteiger partial charge in [-0.15, -0.1) is 10.2 Å². The molecule has 20 heavy (non-hydrogen) atoms. The predicted octanol–water partition coefficient (Wildman–Crippen LogP) is 3.93. The zero-order valence-electron chi connectivity index (χ0n) is 12.0. The summed E-state index contributed by atoms with van der Waals surface area (Å²) in [4.78, 5) is 0.872. The average Bonchev–Trinajstić information content (AvgIpc) is 3.01. The summed E-state index contributed by atoms with van der Waals surface area (Å²) in [5.41, 5.74) is 2.50. The molecule has 2 heterocycles. The number of hydrogen-bond donors (Lipinski definition) is 0. The summed E-state index contributed by atoms with van der Waals surface area (Å²) in [5.74, 6) is 1.50. The summed E-state index contributed by atoms with van der Waals surface area (Å²) in [7, 11) is 0. The SMILES string of the molecule is CCCc1nnc2sc(-c3ccc(C(C)C)cc3)nn12. The van der Waals surface area contributed by atoms with Crippen molar-refractivity contribution in [1.29, 1.82) is 0 Å². The van der Waals surface area contributed by atoms with Gasteiger partial charge in [0.15, 0.2) is 5.82 Å². The molecule has 0 amide bonds. The van der Waals surface area contributed by atoms with Crippen LogP contribution < -0.4 is 0 Å². The zero-order valence-corrected chi connectivity index (χ0v) is 12.8. The highest BCUT2D eigenvalue weighted by atomic mass is 32.1. The first-order chi connectivity index (χ1) is 9.69. The molecule has 104 valence electrons. The van der Waals surface area contributed by atoms with E-state index < -0.39 is 0 Å². The quantitative estimate of drug-likeness (QED) is 0.730. The Balaban J connectivity index is 1.97. The Labute approximate surface area is 122 Å². The predicted molar refractivity (Wildman–Crippen MR) is 82.2 cm³/mol. The molecule has 3 rings (SSSR count). The molecule has 0 N–H and O–H groups in total. The molecule has 0 saturated heterocycles. The molecule has 0 aliphatic heterocycles. The van der Waals surface area contributed by atoms with Crippen LogP contribution >= 0.6 is 11.3 Å². The minimum Gasteiger partial charge on any atom is -0.187 e. The number of hydrogen-bond acceptors (Lipinski definition) is 4. The maximum Gasteiger partial charge on any atom is 0.234 e. The summed E-state index contributed by atoms with van der Waals surface area (Å²) in [6.45, 7) is 6.54. The van der Waals surface area contributed by atoms with Crippen molar-refractivity contribution in [2.45, 2.75) is 39.5 Å². The molecule has 0 unspecified atom stereocenters. The van der Waals surface area contributed by atoms with Crippen molar-refractivity contribution < 1.29 is 0 Å². The van der Waals surface area contributed by atoms with E-state index in [4.69, 9.17) is 0 Å². The highest BCUT2D eigenvalue weighted by Gasteiger charge is 2.12. The highest BCUT2D eigenvalue weighted by molar-refractivity contribution is 7.19. The first-order valence-corrected chi connectivity index (χ1v) is 7.82. The Hall–Kier alpha value is -1.75. The topological polar surface area (TPSA) is 43.1 Å². The number of benzene rings is 1. The van der Waals surface area contributed by atoms with Crippen LogP contribution in [-0.4, -0.2) is 19.8 Å². The lowest BCUT2D eigenvalue weighted by molar-refractivity contribution is 0.778. The van der Waals surface area contributed by atoms with Crippen LogP contribution in [0.2, 0.25) is 0 Å². The van der Waals surface area contributed by atoms with Crippen molar-refractivity contribution in [3.8, 4) is 10.6 Å². The van der Waals surface area contributed by atoms with Crippen molar-refractivity contribution in [2.24, 2.45) is 0 Å². The third kappa shape index (κ3) is 2.33. The van der Waals surface area contributed by atoms with Crippen molar-refractivity contribution >= 4 is 16.3 Å². The van der Waals surface area contributed by atoms with Gasteiger partial charge in [0.25, 0.3) is 0 Å². The first kappa shape index (κ1) is 13.2. The van der Waals surface area contributed by atoms with Crippen molar-refractivity contribution in [2.75, 3.05) is 0 Å². The van der Waals surface area contributed by atoms with E-state index in [-0.39, 0.29) is 0 Å². The third-order valence-electron chi connectivity index (χ3n) is 3.35. The Morgan fingerprint density at radius 2 is 1.90 bits per heavy atom. The van der Waals surface area contributed by atoms with Gasteiger partial charge in [0.05, 0.1) is 0 Å². The molecule has 0 spiro atoms. The fourth-order valence-electron chi connectivity index (χ4n) is 2.16. The van der Waals surface area contributed by atoms with Crippen LogP contribution in [0.4, 0.5) is 0 Å². The first-order valence-electron chi connectivity index (χ1n) is 7.00. The number of aromatic nitrogens is 4. The molecule has 4 nitrogen and oxygen atoms in total. The van der Waals surface area contributed by atoms with Crippen molar-refractivity contribution in [3.63, 3.8) is 0 Å². The second-order valence-corrected chi connectivity index (χ2v) is 6.20. The Morgan fingerprint density at radius 3 is 2.55 bits per heavy atom. The number of aryl methyl sites for hydroxylation is 1. The summed E-state index contributed by atoms with van der Waals surface area (Å²) in [6.07, 6.45) is 1.97. The highest BCUT2D eigenvalue weighted by Crippen LogP contribution is 2.27. The second kappa shape index (κ2) is 5.32. The molecule has 1 aromatic carbocycles. The minimum absolute atomic E-state index is 0.554. The smallest absolute Gasteiger partial charge is 0.187 e. The molecular formula is C15H18N4S. The molecule has 0 aliphatic carbocycles. The minimum atomic E-state index is 0.554. The molecule has 3 aromatic rings. The Morgan fingerprint density at radius 1 is 1.15 bits per heavy atom. The van der Waals surface area contributed by atoms with Crippen LogP contribution in [0.3, 0.4) is 0 Å². The summed E-state index contributed by atoms with van der Waals surface area (Å²) in [6, 6.07) is 8.63. The lowest BCUT2D eigenvalue weighted by atomic mass is 10.0. The van der Waals surface area contributed by atoms with Crippen LogP contribution in [-0.2, 0) is 6.42 Å². The van der Waals surface area contributed by atoms with Gasteiger partial charge in [-0.3, -0.25) is 0 Å². The summed E-state index contributed by atoms with van der Waals surface area (Å²) >= 11 is 1.59. The van der Waals surface area contributed by atoms with Gasteiger partial charge in [-0.25, -0.2) is 0 Å². The standard InChI is InChI=1S/C15H18N4S/c1-4-5-13-16-17-15-19(13)18-14(20-15)12-8-6-11(7-9-12)10(2)3/h6-10H,4-5H2,1-3H3. The fourth-order valence-corrected chi connectivity index (χ4v) is 3.03. The second-order valence-electron chi connectivity index (χ2n) is 5.24. The maximum absolute atomic E-state index is 4.65. The summed E-state index contributed by atoms with van der Waals surface area (Å²) < 4.78 is 1.87. The van der Waals surface area contributed by atoms with E-state index in [1.165, 1.54) is 5.56 Å². The van der Waals surface area contributed by atoms with Crippen molar-refractivity contribution in [1.82, 2.24) is 19.8 Å². The molecular weight excluding hydrogens is 268 g/mol. The average molecular weight is 286 g/mol. The van der Waals surface area contributed by atoms with E-state index >= 15 is 0 Å². The third-order valence-corrected chi connectivity index (χ3v) is 4.30. The molecule has 0 aliphatic rings. The molecule has 0 bridgehead atoms. The van der Waals surface area contributed by atoms with Gasteiger partial charge < -0.3 is 0 Å². The van der Waals surface area contributed by atoms with Crippen LogP contribution in [0.1, 0.15) is 44.5 Å². The van der Waals surface area contributed by atoms with E-state index in [1.807, 2.05) is 4.52 Å². The van der Waals surface area contributed by atoms with E-state index in [0.717, 1.165) is 34.2 Å². The van der Waals surface area contributed by atoms with Crippen LogP contribution in [0.15, 0.2) is 24.3 Å². The fraction of sp³-hybridized carbons (Fsp3) is 0.400. The largest absolute Gasteiger partial charge is 0.234 e. The lowest BCUT2D eigenvalue weighted by Gasteiger charge is -2.04. The molecule has 0 atom stereocenters. The van der Waals surface area contributed by atoms with Gasteiger partial charge in [0, 0.05) is 12.0 Å². The molecule has 5 heteroatoms. The van der Waals surface area contributed by atoms with Gasteiger partial charge >= 0.3 is 0 Å². The van der Waals surface area contributed by atoms with Crippen LogP contribution in [0, 0.1) is 0 Å². The number of nitrogens with zero attached hydrogens (tertiary/aromatic N) is 4. The zero-order chi connectivity index (χ0) is 14.1. The van der Waals surface area contributed by atoms with Gasteiger partial charge in [0.1, 0.15) is 5.01 Å². The van der Waals surface area contributed by atoms with Gasteiger partial charge in [-0.1, -0.05) is 56.4 Å². The normalized spacial score (nSPS) is 11.6. The van der Waals surface area contributed by atoms with Gasteiger partial charge in [-0.2, -0.15) is 9.61 Å². The van der Waals surface area contributed by atoms with E-state index in [9.17, 15) is 0 Å². The van der Waals surface area contributed by atoms with Crippen LogP contribution in [0.25, 0.3) is 15.5 Å². The van der Waals surface area contributed by atoms with E-state index in [1.54, 1.807) is 11.3 Å². The van der Waals surface area contributed by atoms with E-state index in [0.29, 0.717) is 5.92 Å². The summed E-state index contributed by atoms with van der Waals surface area (Å²) in [5, 5.41) is 14.0. The Kier molecular flexibility index (Phi) is 3.53. The van der Waals surface area contributed by atoms with E-state index in [2.05, 4.69) is 60.3 Å². The maximum atomic E-state index is 4.65. The van der Waals surface area contributed by atoms with Gasteiger partial charge in [-0.05, 0) is 17.9 Å². The van der Waals surface area contributed by atoms with Crippen LogP contribution in [0.5, 0.6) is 0 Å². The molecule has 2 aromatic heterocycles.